The summed E-state index contributed by atoms with van der Waals surface area (Å²) in [5.74, 6) is 0.234. The van der Waals surface area contributed by atoms with Crippen LogP contribution >= 0.6 is 0 Å². The van der Waals surface area contributed by atoms with Crippen molar-refractivity contribution in [3.8, 4) is 0 Å². The number of allylic oxidation sites excluding steroid dienone is 8. The summed E-state index contributed by atoms with van der Waals surface area (Å²) in [5, 5.41) is 0. The van der Waals surface area contributed by atoms with E-state index in [0.29, 0.717) is 0 Å². The minimum absolute atomic E-state index is 0.117. The van der Waals surface area contributed by atoms with Gasteiger partial charge in [0.25, 0.3) is 0 Å². The van der Waals surface area contributed by atoms with E-state index < -0.39 is 0 Å². The molecule has 0 atom stereocenters. The Morgan fingerprint density at radius 3 is 0.457 bits per heavy atom. The van der Waals surface area contributed by atoms with Gasteiger partial charge in [-0.25, -0.2) is 0 Å². The van der Waals surface area contributed by atoms with E-state index in [-0.39, 0.29) is 11.8 Å². The molecule has 10 aromatic carbocycles. The summed E-state index contributed by atoms with van der Waals surface area (Å²) >= 11 is 0. The molecule has 0 N–H and O–H groups in total. The van der Waals surface area contributed by atoms with E-state index in [1.54, 1.807) is 0 Å². The lowest BCUT2D eigenvalue weighted by atomic mass is 9.81. The molecule has 0 bridgehead atoms. The van der Waals surface area contributed by atoms with E-state index in [0.717, 1.165) is 0 Å². The van der Waals surface area contributed by atoms with Gasteiger partial charge in [0.05, 0.1) is 0 Å². The molecule has 0 spiro atoms. The van der Waals surface area contributed by atoms with Gasteiger partial charge in [0, 0.05) is 11.8 Å². The smallest absolute Gasteiger partial charge is 0.0364 e. The summed E-state index contributed by atoms with van der Waals surface area (Å²) in [4.78, 5) is 0. The normalized spacial score (nSPS) is 13.9. The van der Waals surface area contributed by atoms with Crippen LogP contribution in [0.5, 0.6) is 0 Å². The first-order valence-corrected chi connectivity index (χ1v) is 24.3. The van der Waals surface area contributed by atoms with Crippen LogP contribution in [0.4, 0.5) is 0 Å². The summed E-state index contributed by atoms with van der Waals surface area (Å²) in [5.41, 5.74) is 23.4. The molecule has 0 fully saturated rings. The zero-order valence-electron chi connectivity index (χ0n) is 39.0. The molecule has 0 aromatic heterocycles. The van der Waals surface area contributed by atoms with Crippen molar-refractivity contribution in [2.45, 2.75) is 11.8 Å². The van der Waals surface area contributed by atoms with Gasteiger partial charge in [-0.05, 0) is 100 Å². The van der Waals surface area contributed by atoms with Gasteiger partial charge in [0.15, 0.2) is 0 Å². The number of hydrogen-bond donors (Lipinski definition) is 0. The molecule has 2 aliphatic rings. The number of rotatable bonds is 10. The van der Waals surface area contributed by atoms with Crippen LogP contribution < -0.4 is 0 Å². The predicted molar refractivity (Wildman–Crippen MR) is 297 cm³/mol. The van der Waals surface area contributed by atoms with E-state index in [4.69, 9.17) is 0 Å². The maximum Gasteiger partial charge on any atom is 0.0364 e. The highest BCUT2D eigenvalue weighted by Gasteiger charge is 2.39. The van der Waals surface area contributed by atoms with Gasteiger partial charge in [0.1, 0.15) is 0 Å². The molecule has 0 saturated carbocycles. The molecule has 0 heterocycles. The Kier molecular flexibility index (Phi) is 12.8. The summed E-state index contributed by atoms with van der Waals surface area (Å²) in [6.45, 7) is 0. The van der Waals surface area contributed by atoms with Crippen molar-refractivity contribution in [2.24, 2.45) is 0 Å². The molecular weight excluding hydrogens is 841 g/mol. The van der Waals surface area contributed by atoms with Crippen LogP contribution in [0.3, 0.4) is 0 Å². The van der Waals surface area contributed by atoms with Crippen molar-refractivity contribution in [3.63, 3.8) is 0 Å². The van der Waals surface area contributed by atoms with Crippen LogP contribution in [-0.4, -0.2) is 0 Å². The highest BCUT2D eigenvalue weighted by Crippen LogP contribution is 2.60. The molecule has 0 aliphatic heterocycles. The van der Waals surface area contributed by atoms with Gasteiger partial charge in [-0.15, -0.1) is 0 Å². The Morgan fingerprint density at radius 2 is 0.286 bits per heavy atom. The molecule has 2 aliphatic carbocycles. The molecule has 0 unspecified atom stereocenters. The highest BCUT2D eigenvalue weighted by atomic mass is 14.4. The van der Waals surface area contributed by atoms with Crippen molar-refractivity contribution in [1.82, 2.24) is 0 Å². The van der Waals surface area contributed by atoms with Crippen molar-refractivity contribution >= 4 is 44.6 Å². The molecule has 0 nitrogen and oxygen atoms in total. The lowest BCUT2D eigenvalue weighted by Gasteiger charge is -2.22. The number of benzene rings is 10. The minimum Gasteiger partial charge on any atom is -0.0622 e. The SMILES string of the molecule is c1ccc(C2=C(c3ccccc3)C(c3ccccc3)C(c3ccccc3)=C2c2ccccc2)cc1.c1ccc(C2=C(c3ccccc3)C(c3ccccc3)C(c3ccccc3)=C2c2ccccc2)cc1. The molecule has 0 amide bonds. The van der Waals surface area contributed by atoms with Gasteiger partial charge < -0.3 is 0 Å². The Bertz CT molecular complexity index is 2990. The van der Waals surface area contributed by atoms with E-state index in [1.807, 2.05) is 0 Å². The molecule has 0 saturated heterocycles. The maximum absolute atomic E-state index is 2.27. The quantitative estimate of drug-likeness (QED) is 0.128. The zero-order valence-corrected chi connectivity index (χ0v) is 39.0. The average Bonchev–Trinajstić information content (AvgIpc) is 4.01. The summed E-state index contributed by atoms with van der Waals surface area (Å²) < 4.78 is 0. The first kappa shape index (κ1) is 43.7. The van der Waals surface area contributed by atoms with Crippen LogP contribution in [0.1, 0.15) is 67.5 Å². The van der Waals surface area contributed by atoms with Gasteiger partial charge >= 0.3 is 0 Å². The Morgan fingerprint density at radius 1 is 0.143 bits per heavy atom. The second-order valence-corrected chi connectivity index (χ2v) is 17.8. The second-order valence-electron chi connectivity index (χ2n) is 17.8. The second kappa shape index (κ2) is 20.6. The third-order valence-electron chi connectivity index (χ3n) is 13.6. The third-order valence-corrected chi connectivity index (χ3v) is 13.6. The first-order valence-electron chi connectivity index (χ1n) is 24.3. The van der Waals surface area contributed by atoms with Gasteiger partial charge in [0.2, 0.25) is 0 Å². The van der Waals surface area contributed by atoms with E-state index >= 15 is 0 Å². The van der Waals surface area contributed by atoms with E-state index in [2.05, 4.69) is 303 Å². The van der Waals surface area contributed by atoms with E-state index in [9.17, 15) is 0 Å². The molecule has 10 aromatic rings. The molecular formula is C70H52. The van der Waals surface area contributed by atoms with Gasteiger partial charge in [-0.3, -0.25) is 0 Å². The highest BCUT2D eigenvalue weighted by molar-refractivity contribution is 6.31. The van der Waals surface area contributed by atoms with Crippen LogP contribution in [0.15, 0.2) is 303 Å². The van der Waals surface area contributed by atoms with Gasteiger partial charge in [-0.1, -0.05) is 303 Å². The predicted octanol–water partition coefficient (Wildman–Crippen LogP) is 18.0. The molecule has 0 heteroatoms. The van der Waals surface area contributed by atoms with Crippen LogP contribution in [-0.2, 0) is 0 Å². The lowest BCUT2D eigenvalue weighted by molar-refractivity contribution is 1.14. The van der Waals surface area contributed by atoms with Crippen molar-refractivity contribution < 1.29 is 0 Å². The summed E-state index contributed by atoms with van der Waals surface area (Å²) in [6, 6.07) is 109. The monoisotopic (exact) mass is 892 g/mol. The average molecular weight is 893 g/mol. The Labute approximate surface area is 413 Å². The minimum atomic E-state index is 0.117. The first-order chi connectivity index (χ1) is 34.8. The summed E-state index contributed by atoms with van der Waals surface area (Å²) in [6.07, 6.45) is 0. The third kappa shape index (κ3) is 8.76. The fourth-order valence-electron chi connectivity index (χ4n) is 10.7. The van der Waals surface area contributed by atoms with Crippen LogP contribution in [0, 0.1) is 0 Å². The fraction of sp³-hybridized carbons (Fsp3) is 0.0286. The van der Waals surface area contributed by atoms with Crippen LogP contribution in [0.25, 0.3) is 44.6 Å². The van der Waals surface area contributed by atoms with E-state index in [1.165, 1.54) is 100 Å². The zero-order chi connectivity index (χ0) is 46.9. The molecule has 70 heavy (non-hydrogen) atoms. The molecule has 0 radical (unpaired) electrons. The number of hydrogen-bond acceptors (Lipinski definition) is 0. The Balaban J connectivity index is 0.000000152. The molecule has 332 valence electrons. The summed E-state index contributed by atoms with van der Waals surface area (Å²) in [7, 11) is 0. The van der Waals surface area contributed by atoms with Crippen molar-refractivity contribution in [3.05, 3.63) is 359 Å². The Hall–Kier alpha value is -8.84. The fourth-order valence-corrected chi connectivity index (χ4v) is 10.7. The maximum atomic E-state index is 2.27. The van der Waals surface area contributed by atoms with Crippen molar-refractivity contribution in [2.75, 3.05) is 0 Å². The van der Waals surface area contributed by atoms with Gasteiger partial charge in [-0.2, -0.15) is 0 Å². The topological polar surface area (TPSA) is 0 Å². The largest absolute Gasteiger partial charge is 0.0622 e. The van der Waals surface area contributed by atoms with Crippen LogP contribution in [0.2, 0.25) is 0 Å². The standard InChI is InChI=1S/2C35H26/c2*1-6-16-26(17-7-1)31-32(27-18-8-2-9-19-27)34(29-22-12-4-13-23-29)35(30-24-14-5-15-25-30)33(31)28-20-10-3-11-21-28/h2*1-25,31H. The lowest BCUT2D eigenvalue weighted by Crippen LogP contribution is -2.03. The molecule has 12 rings (SSSR count). The van der Waals surface area contributed by atoms with Crippen molar-refractivity contribution in [1.29, 1.82) is 0 Å².